The number of carbonyl (C=O) groups is 1. The fourth-order valence-electron chi connectivity index (χ4n) is 1.12. The van der Waals surface area contributed by atoms with Crippen LogP contribution in [-0.4, -0.2) is 24.6 Å². The van der Waals surface area contributed by atoms with Crippen LogP contribution in [0.15, 0.2) is 23.1 Å². The van der Waals surface area contributed by atoms with E-state index in [1.807, 2.05) is 0 Å². The molecule has 0 unspecified atom stereocenters. The number of thioether (sulfide) groups is 1. The normalized spacial score (nSPS) is 9.73. The second-order valence-corrected chi connectivity index (χ2v) is 3.89. The lowest BCUT2D eigenvalue weighted by Crippen LogP contribution is -2.10. The van der Waals surface area contributed by atoms with Crippen molar-refractivity contribution in [3.05, 3.63) is 28.3 Å². The van der Waals surface area contributed by atoms with Crippen LogP contribution < -0.4 is 4.90 Å². The molecule has 80 valence electrons. The third-order valence-corrected chi connectivity index (χ3v) is 2.51. The Morgan fingerprint density at radius 3 is 2.60 bits per heavy atom. The van der Waals surface area contributed by atoms with Crippen molar-refractivity contribution in [1.29, 1.82) is 0 Å². The number of non-ortho nitro benzene ring substituents is 1. The Bertz CT molecular complexity index is 393. The maximum atomic E-state index is 10.6. The SMILES string of the molecule is CN(C)c1cc([N+](=O)[O-])ccc1SC=O. The Morgan fingerprint density at radius 1 is 1.47 bits per heavy atom. The average molecular weight is 226 g/mol. The Balaban J connectivity index is 3.20. The highest BCUT2D eigenvalue weighted by Crippen LogP contribution is 2.31. The van der Waals surface area contributed by atoms with Gasteiger partial charge in [-0.05, 0) is 6.07 Å². The molecule has 6 heteroatoms. The summed E-state index contributed by atoms with van der Waals surface area (Å²) in [6.07, 6.45) is 0. The van der Waals surface area contributed by atoms with Gasteiger partial charge in [0.25, 0.3) is 5.69 Å². The maximum absolute atomic E-state index is 10.6. The number of hydrogen-bond donors (Lipinski definition) is 0. The molecule has 0 atom stereocenters. The van der Waals surface area contributed by atoms with Gasteiger partial charge in [0, 0.05) is 31.1 Å². The summed E-state index contributed by atoms with van der Waals surface area (Å²) in [4.78, 5) is 22.9. The lowest BCUT2D eigenvalue weighted by Gasteiger charge is -2.15. The van der Waals surface area contributed by atoms with Crippen LogP contribution in [-0.2, 0) is 4.79 Å². The monoisotopic (exact) mass is 226 g/mol. The average Bonchev–Trinajstić information content (AvgIpc) is 2.18. The highest BCUT2D eigenvalue weighted by atomic mass is 32.2. The molecule has 0 aliphatic heterocycles. The number of hydrogen-bond acceptors (Lipinski definition) is 5. The van der Waals surface area contributed by atoms with Crippen molar-refractivity contribution < 1.29 is 9.72 Å². The molecule has 1 rings (SSSR count). The Hall–Kier alpha value is -1.56. The molecule has 0 amide bonds. The molecule has 0 spiro atoms. The van der Waals surface area contributed by atoms with Crippen molar-refractivity contribution in [1.82, 2.24) is 0 Å². The molecule has 0 bridgehead atoms. The zero-order valence-electron chi connectivity index (χ0n) is 8.34. The first-order valence-electron chi connectivity index (χ1n) is 4.12. The lowest BCUT2D eigenvalue weighted by molar-refractivity contribution is -0.384. The molecular weight excluding hydrogens is 216 g/mol. The third-order valence-electron chi connectivity index (χ3n) is 1.81. The van der Waals surface area contributed by atoms with E-state index < -0.39 is 4.92 Å². The molecule has 0 fully saturated rings. The first-order valence-corrected chi connectivity index (χ1v) is 5.00. The molecule has 0 aromatic heterocycles. The maximum Gasteiger partial charge on any atom is 0.271 e. The molecule has 5 nitrogen and oxygen atoms in total. The number of nitro groups is 1. The van der Waals surface area contributed by atoms with Crippen LogP contribution in [0.1, 0.15) is 0 Å². The predicted molar refractivity (Wildman–Crippen MR) is 60.0 cm³/mol. The Labute approximate surface area is 91.2 Å². The highest BCUT2D eigenvalue weighted by molar-refractivity contribution is 8.12. The van der Waals surface area contributed by atoms with Gasteiger partial charge in [0.2, 0.25) is 0 Å². The lowest BCUT2D eigenvalue weighted by atomic mass is 10.2. The Morgan fingerprint density at radius 2 is 2.13 bits per heavy atom. The topological polar surface area (TPSA) is 63.4 Å². The van der Waals surface area contributed by atoms with Crippen molar-refractivity contribution in [2.75, 3.05) is 19.0 Å². The van der Waals surface area contributed by atoms with Crippen LogP contribution in [0.2, 0.25) is 0 Å². The quantitative estimate of drug-likeness (QED) is 0.340. The van der Waals surface area contributed by atoms with Gasteiger partial charge in [-0.15, -0.1) is 0 Å². The van der Waals surface area contributed by atoms with Crippen molar-refractivity contribution in [2.45, 2.75) is 4.90 Å². The zero-order valence-corrected chi connectivity index (χ0v) is 9.15. The number of nitro benzene ring substituents is 1. The van der Waals surface area contributed by atoms with E-state index in [9.17, 15) is 14.9 Å². The smallest absolute Gasteiger partial charge is 0.271 e. The summed E-state index contributed by atoms with van der Waals surface area (Å²) >= 11 is 1.01. The predicted octanol–water partition coefficient (Wildman–Crippen LogP) is 1.94. The minimum atomic E-state index is -0.456. The van der Waals surface area contributed by atoms with Crippen molar-refractivity contribution in [3.63, 3.8) is 0 Å². The van der Waals surface area contributed by atoms with Crippen LogP contribution in [0.3, 0.4) is 0 Å². The van der Waals surface area contributed by atoms with Gasteiger partial charge < -0.3 is 4.90 Å². The number of carbonyl (C=O) groups excluding carboxylic acids is 1. The van der Waals surface area contributed by atoms with Gasteiger partial charge in [-0.2, -0.15) is 0 Å². The van der Waals surface area contributed by atoms with Gasteiger partial charge in [0.15, 0.2) is 5.62 Å². The minimum absolute atomic E-state index is 0.0222. The standard InChI is InChI=1S/C9H10N2O3S/c1-10(2)8-5-7(11(13)14)3-4-9(8)15-6-12/h3-6H,1-2H3. The molecule has 1 aromatic rings. The Kier molecular flexibility index (Phi) is 3.68. The van der Waals surface area contributed by atoms with Gasteiger partial charge in [-0.3, -0.25) is 14.9 Å². The van der Waals surface area contributed by atoms with E-state index in [2.05, 4.69) is 0 Å². The summed E-state index contributed by atoms with van der Waals surface area (Å²) in [7, 11) is 3.54. The summed E-state index contributed by atoms with van der Waals surface area (Å²) in [5.41, 5.74) is 1.39. The second kappa shape index (κ2) is 4.79. The van der Waals surface area contributed by atoms with Crippen molar-refractivity contribution in [3.8, 4) is 0 Å². The van der Waals surface area contributed by atoms with E-state index >= 15 is 0 Å². The van der Waals surface area contributed by atoms with Gasteiger partial charge in [0.05, 0.1) is 10.6 Å². The van der Waals surface area contributed by atoms with Crippen LogP contribution in [0.4, 0.5) is 11.4 Å². The van der Waals surface area contributed by atoms with Crippen molar-refractivity contribution in [2.24, 2.45) is 0 Å². The van der Waals surface area contributed by atoms with Gasteiger partial charge in [0.1, 0.15) is 0 Å². The van der Waals surface area contributed by atoms with Crippen LogP contribution in [0.5, 0.6) is 0 Å². The van der Waals surface area contributed by atoms with Gasteiger partial charge >= 0.3 is 0 Å². The molecule has 0 N–H and O–H groups in total. The van der Waals surface area contributed by atoms with Gasteiger partial charge in [-0.25, -0.2) is 0 Å². The largest absolute Gasteiger partial charge is 0.377 e. The summed E-state index contributed by atoms with van der Waals surface area (Å²) in [6.45, 7) is 0. The second-order valence-electron chi connectivity index (χ2n) is 3.02. The van der Waals surface area contributed by atoms with Crippen molar-refractivity contribution >= 4 is 28.8 Å². The van der Waals surface area contributed by atoms with Crippen LogP contribution in [0.25, 0.3) is 0 Å². The molecule has 0 aliphatic rings. The molecule has 0 aliphatic carbocycles. The summed E-state index contributed by atoms with van der Waals surface area (Å²) in [5.74, 6) is 0. The van der Waals surface area contributed by atoms with E-state index in [0.717, 1.165) is 11.8 Å². The summed E-state index contributed by atoms with van der Waals surface area (Å²) < 4.78 is 0. The minimum Gasteiger partial charge on any atom is -0.377 e. The molecule has 0 radical (unpaired) electrons. The fraction of sp³-hybridized carbons (Fsp3) is 0.222. The van der Waals surface area contributed by atoms with Crippen LogP contribution in [0, 0.1) is 10.1 Å². The van der Waals surface area contributed by atoms with Crippen LogP contribution >= 0.6 is 11.8 Å². The first kappa shape index (κ1) is 11.5. The fourth-order valence-corrected chi connectivity index (χ4v) is 1.73. The van der Waals surface area contributed by atoms with E-state index in [1.165, 1.54) is 12.1 Å². The van der Waals surface area contributed by atoms with Gasteiger partial charge in [-0.1, -0.05) is 11.8 Å². The van der Waals surface area contributed by atoms with E-state index in [-0.39, 0.29) is 5.69 Å². The molecular formula is C9H10N2O3S. The summed E-state index contributed by atoms with van der Waals surface area (Å²) in [6, 6.07) is 4.41. The van der Waals surface area contributed by atoms with E-state index in [0.29, 0.717) is 16.2 Å². The van der Waals surface area contributed by atoms with E-state index in [4.69, 9.17) is 0 Å². The molecule has 0 saturated heterocycles. The highest BCUT2D eigenvalue weighted by Gasteiger charge is 2.12. The van der Waals surface area contributed by atoms with E-state index in [1.54, 1.807) is 25.1 Å². The molecule has 1 aromatic carbocycles. The zero-order chi connectivity index (χ0) is 11.4. The number of nitrogens with zero attached hydrogens (tertiary/aromatic N) is 2. The number of rotatable bonds is 4. The third kappa shape index (κ3) is 2.69. The molecule has 0 heterocycles. The number of anilines is 1. The molecule has 15 heavy (non-hydrogen) atoms. The number of benzene rings is 1. The first-order chi connectivity index (χ1) is 7.06. The molecule has 0 saturated carbocycles. The summed E-state index contributed by atoms with van der Waals surface area (Å²) in [5, 5.41) is 10.6.